The van der Waals surface area contributed by atoms with Crippen LogP contribution in [0.15, 0.2) is 36.4 Å². The van der Waals surface area contributed by atoms with Gasteiger partial charge in [0.15, 0.2) is 11.5 Å². The number of nitrogens with one attached hydrogen (secondary N) is 1. The molecule has 0 bridgehead atoms. The van der Waals surface area contributed by atoms with E-state index in [1.54, 1.807) is 26.0 Å². The van der Waals surface area contributed by atoms with Crippen LogP contribution < -0.4 is 19.5 Å². The number of hydrogen-bond acceptors (Lipinski definition) is 8. The van der Waals surface area contributed by atoms with Crippen molar-refractivity contribution in [1.82, 2.24) is 14.8 Å². The molecule has 170 valence electrons. The number of para-hydroxylation sites is 1. The number of ether oxygens (including phenoxy) is 3. The standard InChI is InChI=1S/C23H22N4O4S2/c1-12-19-21(13-9-15(29-2)20(31-4)16(10-13)30-3)32-11-18(28)25-22(19)27(26-12)23-24-14-7-5-6-8-17(14)33-23/h5-10,21H,11H2,1-4H3,(H,25,28)/t21-/m1/s1. The van der Waals surface area contributed by atoms with Gasteiger partial charge in [0.1, 0.15) is 5.82 Å². The first-order valence-corrected chi connectivity index (χ1v) is 12.1. The zero-order valence-corrected chi connectivity index (χ0v) is 20.2. The largest absolute Gasteiger partial charge is 0.493 e. The topological polar surface area (TPSA) is 87.5 Å². The number of thioether (sulfide) groups is 1. The SMILES string of the molecule is COc1cc([C@H]2SCC(=O)Nc3c2c(C)nn3-c2nc3ccccc3s2)cc(OC)c1OC. The van der Waals surface area contributed by atoms with Crippen LogP contribution in [0.5, 0.6) is 17.2 Å². The van der Waals surface area contributed by atoms with Crippen molar-refractivity contribution in [3.05, 3.63) is 53.2 Å². The summed E-state index contributed by atoms with van der Waals surface area (Å²) in [6.07, 6.45) is 0. The third kappa shape index (κ3) is 3.68. The van der Waals surface area contributed by atoms with Gasteiger partial charge in [0, 0.05) is 5.56 Å². The van der Waals surface area contributed by atoms with Crippen molar-refractivity contribution in [1.29, 1.82) is 0 Å². The molecule has 0 saturated carbocycles. The highest BCUT2D eigenvalue weighted by Gasteiger charge is 2.32. The van der Waals surface area contributed by atoms with Crippen molar-refractivity contribution in [2.75, 3.05) is 32.4 Å². The smallest absolute Gasteiger partial charge is 0.235 e. The maximum absolute atomic E-state index is 12.7. The monoisotopic (exact) mass is 482 g/mol. The molecule has 33 heavy (non-hydrogen) atoms. The summed E-state index contributed by atoms with van der Waals surface area (Å²) in [7, 11) is 4.76. The summed E-state index contributed by atoms with van der Waals surface area (Å²) in [5, 5.41) is 8.37. The van der Waals surface area contributed by atoms with Crippen LogP contribution in [0.25, 0.3) is 15.3 Å². The Morgan fingerprint density at radius 2 is 1.82 bits per heavy atom. The third-order valence-corrected chi connectivity index (χ3v) is 7.74. The molecule has 0 radical (unpaired) electrons. The molecule has 0 aliphatic carbocycles. The van der Waals surface area contributed by atoms with Gasteiger partial charge in [0.25, 0.3) is 0 Å². The molecular weight excluding hydrogens is 460 g/mol. The molecule has 5 rings (SSSR count). The van der Waals surface area contributed by atoms with Crippen LogP contribution in [0.3, 0.4) is 0 Å². The molecule has 1 amide bonds. The highest BCUT2D eigenvalue weighted by Crippen LogP contribution is 2.48. The van der Waals surface area contributed by atoms with E-state index < -0.39 is 0 Å². The maximum atomic E-state index is 12.7. The van der Waals surface area contributed by atoms with Gasteiger partial charge < -0.3 is 19.5 Å². The van der Waals surface area contributed by atoms with Gasteiger partial charge in [-0.1, -0.05) is 23.5 Å². The van der Waals surface area contributed by atoms with Crippen LogP contribution in [0.4, 0.5) is 5.82 Å². The quantitative estimate of drug-likeness (QED) is 0.445. The van der Waals surface area contributed by atoms with Gasteiger partial charge >= 0.3 is 0 Å². The summed E-state index contributed by atoms with van der Waals surface area (Å²) >= 11 is 3.07. The van der Waals surface area contributed by atoms with E-state index in [9.17, 15) is 4.79 Å². The van der Waals surface area contributed by atoms with Gasteiger partial charge in [-0.3, -0.25) is 4.79 Å². The van der Waals surface area contributed by atoms with Crippen molar-refractivity contribution < 1.29 is 19.0 Å². The van der Waals surface area contributed by atoms with Crippen LogP contribution in [0, 0.1) is 6.92 Å². The fourth-order valence-electron chi connectivity index (χ4n) is 3.99. The average Bonchev–Trinajstić information content (AvgIpc) is 3.34. The zero-order valence-electron chi connectivity index (χ0n) is 18.5. The van der Waals surface area contributed by atoms with Crippen molar-refractivity contribution in [3.63, 3.8) is 0 Å². The number of thiazole rings is 1. The number of aryl methyl sites for hydroxylation is 1. The predicted molar refractivity (Wildman–Crippen MR) is 131 cm³/mol. The Hall–Kier alpha value is -3.24. The molecule has 1 atom stereocenters. The van der Waals surface area contributed by atoms with E-state index in [4.69, 9.17) is 24.3 Å². The summed E-state index contributed by atoms with van der Waals surface area (Å²) < 4.78 is 19.4. The number of rotatable bonds is 5. The van der Waals surface area contributed by atoms with E-state index in [2.05, 4.69) is 5.32 Å². The minimum absolute atomic E-state index is 0.0848. The first-order chi connectivity index (χ1) is 16.0. The molecule has 1 aliphatic heterocycles. The Kier molecular flexibility index (Phi) is 5.63. The second-order valence-corrected chi connectivity index (χ2v) is 9.52. The van der Waals surface area contributed by atoms with Crippen molar-refractivity contribution in [2.45, 2.75) is 12.2 Å². The fraction of sp³-hybridized carbons (Fsp3) is 0.261. The summed E-state index contributed by atoms with van der Waals surface area (Å²) in [6, 6.07) is 11.8. The number of anilines is 1. The normalized spacial score (nSPS) is 15.6. The number of hydrogen-bond donors (Lipinski definition) is 1. The van der Waals surface area contributed by atoms with E-state index >= 15 is 0 Å². The highest BCUT2D eigenvalue weighted by atomic mass is 32.2. The minimum atomic E-state index is -0.171. The molecular formula is C23H22N4O4S2. The summed E-state index contributed by atoms with van der Waals surface area (Å²) in [6.45, 7) is 1.95. The number of benzene rings is 2. The van der Waals surface area contributed by atoms with Crippen LogP contribution in [-0.4, -0.2) is 47.8 Å². The van der Waals surface area contributed by atoms with Gasteiger partial charge in [-0.25, -0.2) is 4.98 Å². The van der Waals surface area contributed by atoms with Crippen molar-refractivity contribution in [2.24, 2.45) is 0 Å². The van der Waals surface area contributed by atoms with Gasteiger partial charge in [0.2, 0.25) is 16.8 Å². The van der Waals surface area contributed by atoms with Crippen molar-refractivity contribution >= 4 is 45.0 Å². The lowest BCUT2D eigenvalue weighted by molar-refractivity contribution is -0.113. The first kappa shape index (κ1) is 21.6. The van der Waals surface area contributed by atoms with E-state index in [1.165, 1.54) is 23.1 Å². The van der Waals surface area contributed by atoms with E-state index in [-0.39, 0.29) is 11.2 Å². The number of carbonyl (C=O) groups excluding carboxylic acids is 1. The molecule has 2 aromatic carbocycles. The Morgan fingerprint density at radius 3 is 2.48 bits per heavy atom. The Morgan fingerprint density at radius 1 is 1.09 bits per heavy atom. The minimum Gasteiger partial charge on any atom is -0.493 e. The lowest BCUT2D eigenvalue weighted by atomic mass is 10.0. The van der Waals surface area contributed by atoms with Crippen LogP contribution >= 0.6 is 23.1 Å². The van der Waals surface area contributed by atoms with E-state index in [0.29, 0.717) is 34.0 Å². The third-order valence-electron chi connectivity index (χ3n) is 5.46. The van der Waals surface area contributed by atoms with Crippen LogP contribution in [0.2, 0.25) is 0 Å². The molecule has 1 N–H and O–H groups in total. The van der Waals surface area contributed by atoms with Crippen LogP contribution in [-0.2, 0) is 4.79 Å². The molecule has 4 aromatic rings. The Balaban J connectivity index is 1.69. The van der Waals surface area contributed by atoms with Crippen molar-refractivity contribution in [3.8, 4) is 22.4 Å². The summed E-state index contributed by atoms with van der Waals surface area (Å²) in [5.41, 5.74) is 3.58. The fourth-order valence-corrected chi connectivity index (χ4v) is 6.08. The predicted octanol–water partition coefficient (Wildman–Crippen LogP) is 4.59. The molecule has 10 heteroatoms. The Bertz CT molecular complexity index is 1310. The number of aromatic nitrogens is 3. The molecule has 0 saturated heterocycles. The molecule has 3 heterocycles. The average molecular weight is 483 g/mol. The summed E-state index contributed by atoms with van der Waals surface area (Å²) in [4.78, 5) is 17.4. The molecule has 2 aromatic heterocycles. The van der Waals surface area contributed by atoms with Gasteiger partial charge in [-0.2, -0.15) is 9.78 Å². The van der Waals surface area contributed by atoms with E-state index in [1.807, 2.05) is 43.3 Å². The number of amides is 1. The highest BCUT2D eigenvalue weighted by molar-refractivity contribution is 8.00. The number of methoxy groups -OCH3 is 3. The second-order valence-electron chi connectivity index (χ2n) is 7.42. The molecule has 8 nitrogen and oxygen atoms in total. The lowest BCUT2D eigenvalue weighted by Crippen LogP contribution is -2.15. The zero-order chi connectivity index (χ0) is 23.1. The van der Waals surface area contributed by atoms with Gasteiger partial charge in [-0.05, 0) is 36.8 Å². The number of carbonyl (C=O) groups is 1. The van der Waals surface area contributed by atoms with Gasteiger partial charge in [0.05, 0.1) is 48.2 Å². The molecule has 1 aliphatic rings. The van der Waals surface area contributed by atoms with Crippen LogP contribution in [0.1, 0.15) is 22.1 Å². The summed E-state index contributed by atoms with van der Waals surface area (Å²) in [5.74, 6) is 2.51. The first-order valence-electron chi connectivity index (χ1n) is 10.2. The second kappa shape index (κ2) is 8.60. The number of fused-ring (bicyclic) bond motifs is 2. The molecule has 0 unspecified atom stereocenters. The molecule has 0 fully saturated rings. The lowest BCUT2D eigenvalue weighted by Gasteiger charge is -2.19. The van der Waals surface area contributed by atoms with E-state index in [0.717, 1.165) is 27.0 Å². The van der Waals surface area contributed by atoms with Gasteiger partial charge in [-0.15, -0.1) is 11.8 Å². The Labute approximate surface area is 198 Å². The number of nitrogens with zero attached hydrogens (tertiary/aromatic N) is 3. The maximum Gasteiger partial charge on any atom is 0.235 e. The molecule has 0 spiro atoms.